The zero-order chi connectivity index (χ0) is 28.5. The lowest BCUT2D eigenvalue weighted by Crippen LogP contribution is -2.43. The van der Waals surface area contributed by atoms with Gasteiger partial charge in [-0.15, -0.1) is 0 Å². The smallest absolute Gasteiger partial charge is 0.303 e. The molecule has 0 aromatic carbocycles. The molecule has 1 saturated heterocycles. The highest BCUT2D eigenvalue weighted by Gasteiger charge is 2.84. The highest BCUT2D eigenvalue weighted by molar-refractivity contribution is 5.96. The van der Waals surface area contributed by atoms with E-state index >= 15 is 0 Å². The van der Waals surface area contributed by atoms with E-state index in [0.29, 0.717) is 12.0 Å². The van der Waals surface area contributed by atoms with Crippen molar-refractivity contribution >= 4 is 29.7 Å². The second kappa shape index (κ2) is 9.17. The average molecular weight is 535 g/mol. The van der Waals surface area contributed by atoms with Crippen LogP contribution in [0.25, 0.3) is 0 Å². The van der Waals surface area contributed by atoms with Crippen molar-refractivity contribution < 1.29 is 47.7 Å². The minimum Gasteiger partial charge on any atom is -0.461 e. The van der Waals surface area contributed by atoms with Gasteiger partial charge in [-0.05, 0) is 36.3 Å². The Bertz CT molecular complexity index is 1110. The second-order valence-electron chi connectivity index (χ2n) is 12.0. The van der Waals surface area contributed by atoms with Gasteiger partial charge in [-0.3, -0.25) is 24.0 Å². The van der Waals surface area contributed by atoms with Crippen molar-refractivity contribution in [3.05, 3.63) is 11.6 Å². The van der Waals surface area contributed by atoms with Crippen LogP contribution in [0.5, 0.6) is 0 Å². The number of hydrogen-bond acceptors (Lipinski definition) is 10. The molecule has 1 heterocycles. The highest BCUT2D eigenvalue weighted by Crippen LogP contribution is 2.68. The van der Waals surface area contributed by atoms with Gasteiger partial charge in [-0.25, -0.2) is 0 Å². The summed E-state index contributed by atoms with van der Waals surface area (Å²) >= 11 is 0. The van der Waals surface area contributed by atoms with E-state index in [-0.39, 0.29) is 23.5 Å². The Kier molecular flexibility index (Phi) is 6.82. The van der Waals surface area contributed by atoms with Gasteiger partial charge in [0.2, 0.25) is 0 Å². The highest BCUT2D eigenvalue weighted by atomic mass is 16.7. The molecule has 4 aliphatic rings. The third kappa shape index (κ3) is 4.25. The lowest BCUT2D eigenvalue weighted by atomic mass is 9.80. The molecule has 0 amide bonds. The first-order valence-corrected chi connectivity index (χ1v) is 13.1. The minimum absolute atomic E-state index is 0.218. The predicted molar refractivity (Wildman–Crippen MR) is 131 cm³/mol. The average Bonchev–Trinajstić information content (AvgIpc) is 3.56. The van der Waals surface area contributed by atoms with E-state index in [0.717, 1.165) is 0 Å². The third-order valence-corrected chi connectivity index (χ3v) is 8.87. The van der Waals surface area contributed by atoms with Gasteiger partial charge in [0.25, 0.3) is 0 Å². The van der Waals surface area contributed by atoms with Gasteiger partial charge in [0.1, 0.15) is 18.3 Å². The summed E-state index contributed by atoms with van der Waals surface area (Å²) in [5.74, 6) is -4.18. The number of ketones is 1. The van der Waals surface area contributed by atoms with Crippen LogP contribution in [-0.4, -0.2) is 65.3 Å². The second-order valence-corrected chi connectivity index (χ2v) is 12.0. The number of fused-ring (bicyclic) bond motifs is 1. The van der Waals surface area contributed by atoms with E-state index in [1.165, 1.54) is 27.7 Å². The number of epoxide rings is 1. The fraction of sp³-hybridized carbons (Fsp3) is 0.750. The van der Waals surface area contributed by atoms with Crippen molar-refractivity contribution in [2.24, 2.45) is 29.1 Å². The first-order valence-electron chi connectivity index (χ1n) is 13.1. The quantitative estimate of drug-likeness (QED) is 0.229. The molecule has 10 heteroatoms. The van der Waals surface area contributed by atoms with Crippen LogP contribution in [0.4, 0.5) is 0 Å². The van der Waals surface area contributed by atoms with Crippen LogP contribution in [0.1, 0.15) is 68.7 Å². The van der Waals surface area contributed by atoms with Gasteiger partial charge in [0.05, 0.1) is 5.92 Å². The van der Waals surface area contributed by atoms with Crippen molar-refractivity contribution in [2.45, 2.75) is 104 Å². The van der Waals surface area contributed by atoms with E-state index in [1.54, 1.807) is 19.9 Å². The summed E-state index contributed by atoms with van der Waals surface area (Å²) in [5.41, 5.74) is -2.61. The van der Waals surface area contributed by atoms with Crippen molar-refractivity contribution in [2.75, 3.05) is 0 Å². The number of Topliss-reactive ketones (excluding diaryl/α,β-unsaturated/α-hetero) is 1. The van der Waals surface area contributed by atoms with Gasteiger partial charge in [-0.2, -0.15) is 0 Å². The summed E-state index contributed by atoms with van der Waals surface area (Å²) < 4.78 is 29.3. The van der Waals surface area contributed by atoms with Gasteiger partial charge in [0.15, 0.2) is 23.1 Å². The molecule has 0 radical (unpaired) electrons. The van der Waals surface area contributed by atoms with Crippen molar-refractivity contribution in [1.82, 2.24) is 0 Å². The number of rotatable bonds is 4. The molecule has 4 rings (SSSR count). The number of carbonyl (C=O) groups is 5. The molecule has 210 valence electrons. The first-order chi connectivity index (χ1) is 17.5. The minimum atomic E-state index is -1.30. The molecule has 1 aliphatic heterocycles. The Morgan fingerprint density at radius 1 is 0.842 bits per heavy atom. The number of ether oxygens (including phenoxy) is 5. The molecule has 0 aromatic heterocycles. The topological polar surface area (TPSA) is 135 Å². The van der Waals surface area contributed by atoms with Gasteiger partial charge in [-0.1, -0.05) is 27.7 Å². The fourth-order valence-corrected chi connectivity index (χ4v) is 7.39. The maximum Gasteiger partial charge on any atom is 0.303 e. The van der Waals surface area contributed by atoms with E-state index in [2.05, 4.69) is 0 Å². The van der Waals surface area contributed by atoms with Crippen LogP contribution in [0.15, 0.2) is 11.6 Å². The van der Waals surface area contributed by atoms with E-state index < -0.39 is 70.8 Å². The normalized spacial score (nSPS) is 44.0. The Morgan fingerprint density at radius 2 is 1.34 bits per heavy atom. The zero-order valence-corrected chi connectivity index (χ0v) is 23.5. The van der Waals surface area contributed by atoms with E-state index in [9.17, 15) is 24.0 Å². The fourth-order valence-electron chi connectivity index (χ4n) is 7.39. The van der Waals surface area contributed by atoms with Crippen molar-refractivity contribution in [3.63, 3.8) is 0 Å². The van der Waals surface area contributed by atoms with Crippen molar-refractivity contribution in [1.29, 1.82) is 0 Å². The van der Waals surface area contributed by atoms with Crippen LogP contribution in [0, 0.1) is 29.1 Å². The molecule has 10 atom stereocenters. The molecule has 0 bridgehead atoms. The SMILES string of the molecule is CC(=O)O[C@@H]1[C@H]2[C@@H]([C@H](OC(C)=O)[C@H](C)C(=O)[C@@]34C[C@H](C)[C@H](OC(C)=O)[C@]3(/C=C(/C)[C@@H]1OC(C)=O)O4)C2(C)C. The van der Waals surface area contributed by atoms with Crippen LogP contribution >= 0.6 is 0 Å². The molecule has 10 nitrogen and oxygen atoms in total. The van der Waals surface area contributed by atoms with Gasteiger partial charge in [0, 0.05) is 39.5 Å². The maximum atomic E-state index is 14.2. The molecule has 3 fully saturated rings. The zero-order valence-electron chi connectivity index (χ0n) is 23.5. The molecular weight excluding hydrogens is 496 g/mol. The summed E-state index contributed by atoms with van der Waals surface area (Å²) in [6.45, 7) is 14.3. The molecule has 0 N–H and O–H groups in total. The van der Waals surface area contributed by atoms with Crippen LogP contribution in [0.2, 0.25) is 0 Å². The lowest BCUT2D eigenvalue weighted by Gasteiger charge is -2.30. The number of hydrogen-bond donors (Lipinski definition) is 0. The standard InChI is InChI=1S/C28H38O10/c1-12-10-28-25(37-18(7)32)13(2)11-27(28,38-28)24(33)14(3)22(35-16(5)30)19-20(26(19,8)9)23(36-17(6)31)21(12)34-15(4)29/h10,13-14,19-23,25H,11H2,1-9H3/b12-10-/t13-,14-,19-,20+,21-,22+,23+,25-,27-,28-/m0/s1. The molecular formula is C28H38O10. The van der Waals surface area contributed by atoms with Crippen LogP contribution in [0.3, 0.4) is 0 Å². The number of esters is 4. The van der Waals surface area contributed by atoms with E-state index in [4.69, 9.17) is 23.7 Å². The summed E-state index contributed by atoms with van der Waals surface area (Å²) in [4.78, 5) is 63.1. The van der Waals surface area contributed by atoms with Crippen LogP contribution in [-0.2, 0) is 47.7 Å². The summed E-state index contributed by atoms with van der Waals surface area (Å²) in [6, 6.07) is 0. The molecule has 2 saturated carbocycles. The maximum absolute atomic E-state index is 14.2. The Hall–Kier alpha value is -2.75. The summed E-state index contributed by atoms with van der Waals surface area (Å²) in [6.07, 6.45) is -1.52. The predicted octanol–water partition coefficient (Wildman–Crippen LogP) is 2.70. The molecule has 0 unspecified atom stereocenters. The summed E-state index contributed by atoms with van der Waals surface area (Å²) in [5, 5.41) is 0. The summed E-state index contributed by atoms with van der Waals surface area (Å²) in [7, 11) is 0. The van der Waals surface area contributed by atoms with Gasteiger partial charge >= 0.3 is 23.9 Å². The van der Waals surface area contributed by atoms with Gasteiger partial charge < -0.3 is 23.7 Å². The third-order valence-electron chi connectivity index (χ3n) is 8.87. The Morgan fingerprint density at radius 3 is 1.87 bits per heavy atom. The molecule has 0 aromatic rings. The first kappa shape index (κ1) is 28.3. The Labute approximate surface area is 222 Å². The van der Waals surface area contributed by atoms with Crippen molar-refractivity contribution in [3.8, 4) is 0 Å². The molecule has 0 spiro atoms. The Balaban J connectivity index is 1.94. The molecule has 3 aliphatic carbocycles. The largest absolute Gasteiger partial charge is 0.461 e. The monoisotopic (exact) mass is 534 g/mol. The lowest BCUT2D eigenvalue weighted by molar-refractivity contribution is -0.166. The number of carbonyl (C=O) groups excluding carboxylic acids is 5. The van der Waals surface area contributed by atoms with Crippen LogP contribution < -0.4 is 0 Å². The van der Waals surface area contributed by atoms with E-state index in [1.807, 2.05) is 20.8 Å². The molecule has 38 heavy (non-hydrogen) atoms.